The second-order valence-electron chi connectivity index (χ2n) is 11.2. The molecule has 0 spiro atoms. The maximum Gasteiger partial charge on any atom is 0.338 e. The molecular weight excluding hydrogens is 480 g/mol. The van der Waals surface area contributed by atoms with E-state index in [1.54, 1.807) is 6.07 Å². The molecule has 0 aromatic heterocycles. The third-order valence-corrected chi connectivity index (χ3v) is 8.91. The van der Waals surface area contributed by atoms with E-state index in [0.717, 1.165) is 49.7 Å². The molecule has 2 fully saturated rings. The molecule has 2 aliphatic carbocycles. The highest BCUT2D eigenvalue weighted by atomic mass is 19.2. The van der Waals surface area contributed by atoms with E-state index in [2.05, 4.69) is 6.92 Å². The van der Waals surface area contributed by atoms with Crippen LogP contribution in [0, 0.1) is 41.0 Å². The zero-order chi connectivity index (χ0) is 26.5. The van der Waals surface area contributed by atoms with Crippen molar-refractivity contribution < 1.29 is 27.5 Å². The van der Waals surface area contributed by atoms with E-state index in [1.165, 1.54) is 63.9 Å². The molecule has 0 aliphatic heterocycles. The summed E-state index contributed by atoms with van der Waals surface area (Å²) in [5.41, 5.74) is -0.331. The minimum Gasteiger partial charge on any atom is -0.478 e. The first-order chi connectivity index (χ1) is 17.8. The largest absolute Gasteiger partial charge is 0.478 e. The van der Waals surface area contributed by atoms with Gasteiger partial charge in [0.1, 0.15) is 5.82 Å². The summed E-state index contributed by atoms with van der Waals surface area (Å²) >= 11 is 0. The van der Waals surface area contributed by atoms with Gasteiger partial charge in [-0.25, -0.2) is 22.4 Å². The molecular formula is C31H38F4O2. The number of hydrogen-bond acceptors (Lipinski definition) is 1. The van der Waals surface area contributed by atoms with Gasteiger partial charge in [-0.05, 0) is 91.5 Å². The number of rotatable bonds is 9. The lowest BCUT2D eigenvalue weighted by molar-refractivity contribution is 0.0692. The SMILES string of the molecule is CCCCCCC1CCC(C2CCC(c3ccc(C(=O)O)c(F)c3-c3cc(F)c(F)c(F)c3)CC2)CC1. The molecule has 0 atom stereocenters. The zero-order valence-electron chi connectivity index (χ0n) is 21.7. The van der Waals surface area contributed by atoms with Gasteiger partial charge in [-0.2, -0.15) is 0 Å². The standard InChI is InChI=1S/C31H38F4O2/c1-2-3-4-5-6-19-7-9-20(10-8-19)21-11-13-22(14-12-21)24-15-16-25(31(36)37)29(34)28(24)23-17-26(32)30(35)27(33)18-23/h15-22H,2-14H2,1H3,(H,36,37). The molecule has 6 heteroatoms. The predicted octanol–water partition coefficient (Wildman–Crippen LogP) is 9.66. The van der Waals surface area contributed by atoms with Gasteiger partial charge in [-0.3, -0.25) is 0 Å². The van der Waals surface area contributed by atoms with Gasteiger partial charge in [0.05, 0.1) is 5.56 Å². The van der Waals surface area contributed by atoms with Crippen molar-refractivity contribution in [2.24, 2.45) is 17.8 Å². The average molecular weight is 519 g/mol. The second kappa shape index (κ2) is 12.4. The number of carboxylic acids is 1. The summed E-state index contributed by atoms with van der Waals surface area (Å²) in [6.07, 6.45) is 15.4. The van der Waals surface area contributed by atoms with Crippen LogP contribution in [0.5, 0.6) is 0 Å². The van der Waals surface area contributed by atoms with Crippen molar-refractivity contribution in [2.45, 2.75) is 96.3 Å². The van der Waals surface area contributed by atoms with Crippen LogP contribution in [0.3, 0.4) is 0 Å². The van der Waals surface area contributed by atoms with Crippen LogP contribution in [0.25, 0.3) is 11.1 Å². The Morgan fingerprint density at radius 3 is 1.97 bits per heavy atom. The predicted molar refractivity (Wildman–Crippen MR) is 138 cm³/mol. The lowest BCUT2D eigenvalue weighted by atomic mass is 9.67. The number of aromatic carboxylic acids is 1. The van der Waals surface area contributed by atoms with Crippen LogP contribution < -0.4 is 0 Å². The Morgan fingerprint density at radius 2 is 1.41 bits per heavy atom. The van der Waals surface area contributed by atoms with Gasteiger partial charge in [0.15, 0.2) is 17.5 Å². The minimum absolute atomic E-state index is 0.0466. The Labute approximate surface area is 217 Å². The van der Waals surface area contributed by atoms with E-state index >= 15 is 4.39 Å². The quantitative estimate of drug-likeness (QED) is 0.204. The molecule has 4 rings (SSSR count). The summed E-state index contributed by atoms with van der Waals surface area (Å²) in [4.78, 5) is 11.6. The number of hydrogen-bond donors (Lipinski definition) is 1. The smallest absolute Gasteiger partial charge is 0.338 e. The van der Waals surface area contributed by atoms with Gasteiger partial charge in [-0.15, -0.1) is 0 Å². The summed E-state index contributed by atoms with van der Waals surface area (Å²) in [7, 11) is 0. The van der Waals surface area contributed by atoms with Crippen LogP contribution in [0.15, 0.2) is 24.3 Å². The van der Waals surface area contributed by atoms with Crippen molar-refractivity contribution in [3.63, 3.8) is 0 Å². The molecule has 2 aromatic carbocycles. The molecule has 0 saturated heterocycles. The van der Waals surface area contributed by atoms with E-state index in [1.807, 2.05) is 0 Å². The van der Waals surface area contributed by atoms with Gasteiger partial charge in [0.2, 0.25) is 0 Å². The van der Waals surface area contributed by atoms with Crippen molar-refractivity contribution in [1.82, 2.24) is 0 Å². The summed E-state index contributed by atoms with van der Waals surface area (Å²) < 4.78 is 57.0. The number of unbranched alkanes of at least 4 members (excludes halogenated alkanes) is 3. The van der Waals surface area contributed by atoms with Gasteiger partial charge in [-0.1, -0.05) is 57.9 Å². The fraction of sp³-hybridized carbons (Fsp3) is 0.581. The number of halogens is 4. The third-order valence-electron chi connectivity index (χ3n) is 8.91. The van der Waals surface area contributed by atoms with Gasteiger partial charge < -0.3 is 5.11 Å². The summed E-state index contributed by atoms with van der Waals surface area (Å²) in [5, 5.41) is 9.41. The number of carboxylic acid groups (broad SMARTS) is 1. The molecule has 1 N–H and O–H groups in total. The topological polar surface area (TPSA) is 37.3 Å². The van der Waals surface area contributed by atoms with Crippen LogP contribution in [-0.2, 0) is 0 Å². The first-order valence-electron chi connectivity index (χ1n) is 14.0. The summed E-state index contributed by atoms with van der Waals surface area (Å²) in [6.45, 7) is 2.24. The van der Waals surface area contributed by atoms with Crippen molar-refractivity contribution in [1.29, 1.82) is 0 Å². The lowest BCUT2D eigenvalue weighted by Crippen LogP contribution is -2.25. The van der Waals surface area contributed by atoms with Crippen molar-refractivity contribution in [2.75, 3.05) is 0 Å². The van der Waals surface area contributed by atoms with E-state index in [0.29, 0.717) is 11.5 Å². The Hall–Kier alpha value is -2.37. The maximum atomic E-state index is 15.4. The molecule has 0 bridgehead atoms. The van der Waals surface area contributed by atoms with E-state index in [9.17, 15) is 23.1 Å². The van der Waals surface area contributed by atoms with Crippen molar-refractivity contribution in [3.8, 4) is 11.1 Å². The fourth-order valence-electron chi connectivity index (χ4n) is 6.80. The fourth-order valence-corrected chi connectivity index (χ4v) is 6.80. The first-order valence-corrected chi connectivity index (χ1v) is 14.0. The van der Waals surface area contributed by atoms with E-state index in [-0.39, 0.29) is 17.0 Å². The number of carbonyl (C=O) groups is 1. The maximum absolute atomic E-state index is 15.4. The normalized spacial score (nSPS) is 24.2. The summed E-state index contributed by atoms with van der Waals surface area (Å²) in [5.74, 6) is -4.81. The minimum atomic E-state index is -1.63. The van der Waals surface area contributed by atoms with Gasteiger partial charge in [0, 0.05) is 5.56 Å². The Balaban J connectivity index is 1.45. The van der Waals surface area contributed by atoms with E-state index < -0.39 is 34.8 Å². The third kappa shape index (κ3) is 6.38. The first kappa shape index (κ1) is 27.7. The summed E-state index contributed by atoms with van der Waals surface area (Å²) in [6, 6.07) is 4.28. The number of benzene rings is 2. The van der Waals surface area contributed by atoms with Crippen LogP contribution in [-0.4, -0.2) is 11.1 Å². The van der Waals surface area contributed by atoms with Crippen LogP contribution in [0.4, 0.5) is 17.6 Å². The second-order valence-corrected chi connectivity index (χ2v) is 11.2. The molecule has 2 nitrogen and oxygen atoms in total. The molecule has 0 heterocycles. The van der Waals surface area contributed by atoms with Gasteiger partial charge in [0.25, 0.3) is 0 Å². The highest BCUT2D eigenvalue weighted by Gasteiger charge is 2.33. The Morgan fingerprint density at radius 1 is 0.811 bits per heavy atom. The molecule has 2 aromatic rings. The molecule has 2 aliphatic rings. The lowest BCUT2D eigenvalue weighted by Gasteiger charge is -2.38. The highest BCUT2D eigenvalue weighted by molar-refractivity contribution is 5.90. The zero-order valence-corrected chi connectivity index (χ0v) is 21.7. The monoisotopic (exact) mass is 518 g/mol. The van der Waals surface area contributed by atoms with Crippen molar-refractivity contribution >= 4 is 5.97 Å². The molecule has 202 valence electrons. The highest BCUT2D eigenvalue weighted by Crippen LogP contribution is 2.47. The Kier molecular flexibility index (Phi) is 9.31. The average Bonchev–Trinajstić information content (AvgIpc) is 2.89. The van der Waals surface area contributed by atoms with Crippen LogP contribution >= 0.6 is 0 Å². The van der Waals surface area contributed by atoms with Crippen LogP contribution in [0.1, 0.15) is 112 Å². The molecule has 37 heavy (non-hydrogen) atoms. The van der Waals surface area contributed by atoms with Gasteiger partial charge >= 0.3 is 5.97 Å². The van der Waals surface area contributed by atoms with E-state index in [4.69, 9.17) is 0 Å². The van der Waals surface area contributed by atoms with Crippen molar-refractivity contribution in [3.05, 3.63) is 58.7 Å². The molecule has 0 radical (unpaired) electrons. The molecule has 2 saturated carbocycles. The molecule has 0 amide bonds. The Bertz CT molecular complexity index is 1060. The van der Waals surface area contributed by atoms with Crippen LogP contribution in [0.2, 0.25) is 0 Å². The molecule has 0 unspecified atom stereocenters.